The molecule has 0 spiro atoms. The number of amides is 2. The molecule has 6 nitrogen and oxygen atoms in total. The third-order valence-corrected chi connectivity index (χ3v) is 6.32. The van der Waals surface area contributed by atoms with Gasteiger partial charge in [0.2, 0.25) is 5.91 Å². The van der Waals surface area contributed by atoms with Gasteiger partial charge in [-0.25, -0.2) is 4.79 Å². The zero-order valence-electron chi connectivity index (χ0n) is 18.0. The number of benzene rings is 1. The fourth-order valence-electron chi connectivity index (χ4n) is 4.70. The molecule has 1 saturated heterocycles. The van der Waals surface area contributed by atoms with Crippen LogP contribution in [-0.4, -0.2) is 47.2 Å². The monoisotopic (exact) mass is 400 g/mol. The fourth-order valence-corrected chi connectivity index (χ4v) is 4.70. The molecule has 3 aliphatic rings. The number of nitrogens with zero attached hydrogens (tertiary/aromatic N) is 1. The number of hydrogen-bond acceptors (Lipinski definition) is 4. The quantitative estimate of drug-likeness (QED) is 0.845. The highest BCUT2D eigenvalue weighted by molar-refractivity contribution is 5.84. The minimum absolute atomic E-state index is 0.0103. The van der Waals surface area contributed by atoms with E-state index in [2.05, 4.69) is 11.4 Å². The van der Waals surface area contributed by atoms with Crippen molar-refractivity contribution in [3.8, 4) is 5.75 Å². The van der Waals surface area contributed by atoms with E-state index in [1.54, 1.807) is 4.90 Å². The van der Waals surface area contributed by atoms with Gasteiger partial charge in [0, 0.05) is 19.0 Å². The summed E-state index contributed by atoms with van der Waals surface area (Å²) < 4.78 is 11.6. The van der Waals surface area contributed by atoms with E-state index >= 15 is 0 Å². The summed E-state index contributed by atoms with van der Waals surface area (Å²) in [5.41, 5.74) is 0.278. The number of piperidine rings is 1. The third kappa shape index (κ3) is 4.07. The van der Waals surface area contributed by atoms with E-state index in [0.29, 0.717) is 13.1 Å². The smallest absolute Gasteiger partial charge is 0.410 e. The first kappa shape index (κ1) is 20.0. The van der Waals surface area contributed by atoms with Gasteiger partial charge in [-0.15, -0.1) is 0 Å². The topological polar surface area (TPSA) is 67.9 Å². The molecule has 1 aliphatic carbocycles. The van der Waals surface area contributed by atoms with Gasteiger partial charge in [-0.3, -0.25) is 4.79 Å². The first-order chi connectivity index (χ1) is 13.5. The molecule has 4 rings (SSSR count). The molecule has 2 fully saturated rings. The summed E-state index contributed by atoms with van der Waals surface area (Å²) >= 11 is 0. The molecule has 3 atom stereocenters. The fraction of sp³-hybridized carbons (Fsp3) is 0.652. The number of rotatable bonds is 3. The number of nitrogens with one attached hydrogen (secondary N) is 1. The Morgan fingerprint density at radius 1 is 1.10 bits per heavy atom. The van der Waals surface area contributed by atoms with Crippen LogP contribution in [0.25, 0.3) is 0 Å². The lowest BCUT2D eigenvalue weighted by Crippen LogP contribution is -2.56. The Labute approximate surface area is 172 Å². The lowest BCUT2D eigenvalue weighted by molar-refractivity contribution is -0.126. The molecule has 0 radical (unpaired) electrons. The second-order valence-electron chi connectivity index (χ2n) is 10.2. The van der Waals surface area contributed by atoms with Crippen molar-refractivity contribution in [3.63, 3.8) is 0 Å². The van der Waals surface area contributed by atoms with E-state index in [1.165, 1.54) is 5.56 Å². The molecular weight excluding hydrogens is 368 g/mol. The summed E-state index contributed by atoms with van der Waals surface area (Å²) in [6.07, 6.45) is 1.50. The lowest BCUT2D eigenvalue weighted by atomic mass is 9.89. The lowest BCUT2D eigenvalue weighted by Gasteiger charge is -2.38. The molecule has 0 bridgehead atoms. The van der Waals surface area contributed by atoms with Gasteiger partial charge >= 0.3 is 6.09 Å². The maximum absolute atomic E-state index is 12.9. The van der Waals surface area contributed by atoms with Crippen LogP contribution in [0.3, 0.4) is 0 Å². The summed E-state index contributed by atoms with van der Waals surface area (Å²) in [7, 11) is 0. The van der Waals surface area contributed by atoms with Crippen LogP contribution < -0.4 is 10.1 Å². The van der Waals surface area contributed by atoms with Crippen LogP contribution in [0.2, 0.25) is 0 Å². The van der Waals surface area contributed by atoms with Crippen molar-refractivity contribution >= 4 is 12.0 Å². The number of carbonyl (C=O) groups is 2. The van der Waals surface area contributed by atoms with E-state index in [4.69, 9.17) is 9.47 Å². The van der Waals surface area contributed by atoms with Crippen LogP contribution in [0.1, 0.15) is 46.6 Å². The van der Waals surface area contributed by atoms with Gasteiger partial charge in [-0.2, -0.15) is 0 Å². The highest BCUT2D eigenvalue weighted by atomic mass is 16.6. The summed E-state index contributed by atoms with van der Waals surface area (Å²) in [6, 6.07) is 8.10. The first-order valence-electron chi connectivity index (χ1n) is 10.6. The van der Waals surface area contributed by atoms with Gasteiger partial charge in [0.15, 0.2) is 0 Å². The van der Waals surface area contributed by atoms with Crippen LogP contribution in [0, 0.1) is 17.8 Å². The van der Waals surface area contributed by atoms with Gasteiger partial charge in [0.1, 0.15) is 17.5 Å². The van der Waals surface area contributed by atoms with Crippen molar-refractivity contribution in [3.05, 3.63) is 29.8 Å². The SMILES string of the molecule is CC(C)(C)OC(=O)N1CC2C(C1)C2C(=O)NC(C)(C)C1CCc2ccccc2O1. The molecule has 6 heteroatoms. The van der Waals surface area contributed by atoms with Crippen molar-refractivity contribution in [2.75, 3.05) is 13.1 Å². The van der Waals surface area contributed by atoms with Gasteiger partial charge in [-0.1, -0.05) is 18.2 Å². The van der Waals surface area contributed by atoms with Crippen LogP contribution in [-0.2, 0) is 16.0 Å². The standard InChI is InChI=1S/C23H32N2O4/c1-22(2,3)29-21(27)25-12-15-16(13-25)19(15)20(26)24-23(4,5)18-11-10-14-8-6-7-9-17(14)28-18/h6-9,15-16,18-19H,10-13H2,1-5H3,(H,24,26). The minimum atomic E-state index is -0.497. The molecule has 1 saturated carbocycles. The highest BCUT2D eigenvalue weighted by Crippen LogP contribution is 2.52. The molecular formula is C23H32N2O4. The second-order valence-corrected chi connectivity index (χ2v) is 10.2. The summed E-state index contributed by atoms with van der Waals surface area (Å²) in [5, 5.41) is 3.23. The Morgan fingerprint density at radius 3 is 2.41 bits per heavy atom. The molecule has 29 heavy (non-hydrogen) atoms. The zero-order valence-corrected chi connectivity index (χ0v) is 18.0. The molecule has 2 heterocycles. The van der Waals surface area contributed by atoms with Gasteiger partial charge < -0.3 is 19.7 Å². The average Bonchev–Trinajstić information content (AvgIpc) is 3.14. The largest absolute Gasteiger partial charge is 0.488 e. The van der Waals surface area contributed by atoms with Crippen LogP contribution in [0.5, 0.6) is 5.75 Å². The third-order valence-electron chi connectivity index (χ3n) is 6.32. The Hall–Kier alpha value is -2.24. The van der Waals surface area contributed by atoms with Gasteiger partial charge in [0.25, 0.3) is 0 Å². The Morgan fingerprint density at radius 2 is 1.76 bits per heavy atom. The Balaban J connectivity index is 1.31. The highest BCUT2D eigenvalue weighted by Gasteiger charge is 2.61. The predicted octanol–water partition coefficient (Wildman–Crippen LogP) is 3.39. The average molecular weight is 401 g/mol. The molecule has 2 amide bonds. The van der Waals surface area contributed by atoms with Gasteiger partial charge in [0.05, 0.1) is 5.54 Å². The van der Waals surface area contributed by atoms with Crippen LogP contribution in [0.15, 0.2) is 24.3 Å². The minimum Gasteiger partial charge on any atom is -0.488 e. The van der Waals surface area contributed by atoms with Crippen molar-refractivity contribution < 1.29 is 19.1 Å². The Kier molecular flexibility index (Phi) is 4.79. The number of para-hydroxylation sites is 1. The Bertz CT molecular complexity index is 801. The normalized spacial score (nSPS) is 28.1. The molecule has 3 unspecified atom stereocenters. The summed E-state index contributed by atoms with van der Waals surface area (Å²) in [6.45, 7) is 10.9. The molecule has 1 aromatic carbocycles. The van der Waals surface area contributed by atoms with Crippen molar-refractivity contribution in [2.24, 2.45) is 17.8 Å². The number of fused-ring (bicyclic) bond motifs is 2. The van der Waals surface area contributed by atoms with E-state index in [9.17, 15) is 9.59 Å². The number of likely N-dealkylation sites (tertiary alicyclic amines) is 1. The number of carbonyl (C=O) groups excluding carboxylic acids is 2. The molecule has 1 aromatic rings. The first-order valence-corrected chi connectivity index (χ1v) is 10.6. The number of ether oxygens (including phenoxy) is 2. The van der Waals surface area contributed by atoms with E-state index in [0.717, 1.165) is 18.6 Å². The predicted molar refractivity (Wildman–Crippen MR) is 110 cm³/mol. The molecule has 1 N–H and O–H groups in total. The molecule has 2 aliphatic heterocycles. The van der Waals surface area contributed by atoms with E-state index < -0.39 is 11.1 Å². The van der Waals surface area contributed by atoms with Crippen LogP contribution >= 0.6 is 0 Å². The van der Waals surface area contributed by atoms with E-state index in [1.807, 2.05) is 52.8 Å². The van der Waals surface area contributed by atoms with Crippen molar-refractivity contribution in [1.82, 2.24) is 10.2 Å². The summed E-state index contributed by atoms with van der Waals surface area (Å²) in [5.74, 6) is 1.47. The maximum Gasteiger partial charge on any atom is 0.410 e. The molecule has 158 valence electrons. The van der Waals surface area contributed by atoms with Crippen molar-refractivity contribution in [2.45, 2.75) is 64.7 Å². The molecule has 0 aromatic heterocycles. The second kappa shape index (κ2) is 6.92. The van der Waals surface area contributed by atoms with Crippen molar-refractivity contribution in [1.29, 1.82) is 0 Å². The zero-order chi connectivity index (χ0) is 21.0. The maximum atomic E-state index is 12.9. The number of hydrogen-bond donors (Lipinski definition) is 1. The van der Waals surface area contributed by atoms with Gasteiger partial charge in [-0.05, 0) is 70.9 Å². The van der Waals surface area contributed by atoms with Crippen LogP contribution in [0.4, 0.5) is 4.79 Å². The van der Waals surface area contributed by atoms with E-state index in [-0.39, 0.29) is 35.9 Å². The summed E-state index contributed by atoms with van der Waals surface area (Å²) in [4.78, 5) is 26.9. The number of aryl methyl sites for hydroxylation is 1.